The second-order valence-electron chi connectivity index (χ2n) is 2.35. The SMILES string of the molecule is CC(C)C1OCCO1.[Br-].[Br-].[Mg+2]. The summed E-state index contributed by atoms with van der Waals surface area (Å²) in [5.41, 5.74) is 0. The Labute approximate surface area is 105 Å². The van der Waals surface area contributed by atoms with Gasteiger partial charge in [0.1, 0.15) is 0 Å². The summed E-state index contributed by atoms with van der Waals surface area (Å²) in [6, 6.07) is 0. The first-order valence-corrected chi connectivity index (χ1v) is 3.04. The summed E-state index contributed by atoms with van der Waals surface area (Å²) in [4.78, 5) is 0. The van der Waals surface area contributed by atoms with Gasteiger partial charge in [0.25, 0.3) is 0 Å². The largest absolute Gasteiger partial charge is 2.00 e. The third-order valence-electron chi connectivity index (χ3n) is 1.19. The summed E-state index contributed by atoms with van der Waals surface area (Å²) in [5.74, 6) is 0.498. The van der Waals surface area contributed by atoms with E-state index in [1.807, 2.05) is 0 Å². The number of ether oxygens (including phenoxy) is 2. The molecule has 0 aromatic heterocycles. The molecule has 2 nitrogen and oxygen atoms in total. The van der Waals surface area contributed by atoms with Crippen LogP contribution in [-0.2, 0) is 9.47 Å². The van der Waals surface area contributed by atoms with Gasteiger partial charge >= 0.3 is 23.1 Å². The molecule has 0 spiro atoms. The van der Waals surface area contributed by atoms with Crippen LogP contribution >= 0.6 is 0 Å². The van der Waals surface area contributed by atoms with Gasteiger partial charge < -0.3 is 43.4 Å². The standard InChI is InChI=1S/C6H12O2.2BrH.Mg/c1-5(2)6-7-3-4-8-6;;;/h5-6H,3-4H2,1-2H3;2*1H;/q;;;+2/p-2. The zero-order valence-electron chi connectivity index (χ0n) is 6.85. The maximum absolute atomic E-state index is 5.19. The van der Waals surface area contributed by atoms with E-state index in [0.29, 0.717) is 5.92 Å². The smallest absolute Gasteiger partial charge is 1.00 e. The molecule has 11 heavy (non-hydrogen) atoms. The van der Waals surface area contributed by atoms with Crippen molar-refractivity contribution in [1.82, 2.24) is 0 Å². The number of halogens is 2. The van der Waals surface area contributed by atoms with Gasteiger partial charge in [-0.1, -0.05) is 13.8 Å². The van der Waals surface area contributed by atoms with Crippen LogP contribution in [0.4, 0.5) is 0 Å². The van der Waals surface area contributed by atoms with Gasteiger partial charge in [0.15, 0.2) is 6.29 Å². The van der Waals surface area contributed by atoms with E-state index in [1.54, 1.807) is 0 Å². The van der Waals surface area contributed by atoms with E-state index < -0.39 is 0 Å². The molecule has 0 radical (unpaired) electrons. The minimum Gasteiger partial charge on any atom is -1.00 e. The Kier molecular flexibility index (Phi) is 16.3. The molecule has 5 heteroatoms. The monoisotopic (exact) mass is 298 g/mol. The number of hydrogen-bond acceptors (Lipinski definition) is 2. The van der Waals surface area contributed by atoms with E-state index in [4.69, 9.17) is 9.47 Å². The van der Waals surface area contributed by atoms with Crippen LogP contribution in [0.1, 0.15) is 13.8 Å². The topological polar surface area (TPSA) is 18.5 Å². The van der Waals surface area contributed by atoms with Gasteiger partial charge in [-0.2, -0.15) is 0 Å². The third kappa shape index (κ3) is 6.78. The van der Waals surface area contributed by atoms with Crippen molar-refractivity contribution in [2.24, 2.45) is 5.92 Å². The molecule has 0 bridgehead atoms. The van der Waals surface area contributed by atoms with Crippen LogP contribution in [0.3, 0.4) is 0 Å². The van der Waals surface area contributed by atoms with Crippen LogP contribution in [0.15, 0.2) is 0 Å². The normalized spacial score (nSPS) is 16.6. The molecule has 64 valence electrons. The molecule has 1 rings (SSSR count). The fourth-order valence-electron chi connectivity index (χ4n) is 0.762. The quantitative estimate of drug-likeness (QED) is 0.450. The molecule has 0 saturated carbocycles. The van der Waals surface area contributed by atoms with Crippen LogP contribution in [0.25, 0.3) is 0 Å². The van der Waals surface area contributed by atoms with Gasteiger partial charge in [-0.25, -0.2) is 0 Å². The maximum Gasteiger partial charge on any atom is 2.00 e. The summed E-state index contributed by atoms with van der Waals surface area (Å²) < 4.78 is 10.4. The average molecular weight is 300 g/mol. The first kappa shape index (κ1) is 18.4. The van der Waals surface area contributed by atoms with Crippen molar-refractivity contribution in [2.45, 2.75) is 20.1 Å². The van der Waals surface area contributed by atoms with E-state index in [0.717, 1.165) is 13.2 Å². The molecule has 0 amide bonds. The molecular formula is C6H12Br2MgO2. The van der Waals surface area contributed by atoms with Crippen LogP contribution < -0.4 is 34.0 Å². The van der Waals surface area contributed by atoms with Crippen LogP contribution in [0.2, 0.25) is 0 Å². The van der Waals surface area contributed by atoms with E-state index in [1.165, 1.54) is 0 Å². The molecule has 1 heterocycles. The second kappa shape index (κ2) is 9.73. The molecule has 0 N–H and O–H groups in total. The van der Waals surface area contributed by atoms with Crippen molar-refractivity contribution in [3.8, 4) is 0 Å². The van der Waals surface area contributed by atoms with Crippen molar-refractivity contribution < 1.29 is 43.4 Å². The number of rotatable bonds is 1. The van der Waals surface area contributed by atoms with E-state index in [-0.39, 0.29) is 63.3 Å². The average Bonchev–Trinajstić information content (AvgIpc) is 2.12. The summed E-state index contributed by atoms with van der Waals surface area (Å²) in [6.45, 7) is 5.72. The molecule has 1 saturated heterocycles. The van der Waals surface area contributed by atoms with E-state index >= 15 is 0 Å². The molecule has 1 fully saturated rings. The first-order valence-electron chi connectivity index (χ1n) is 3.04. The maximum atomic E-state index is 5.19. The fourth-order valence-corrected chi connectivity index (χ4v) is 0.762. The Morgan fingerprint density at radius 3 is 1.64 bits per heavy atom. The van der Waals surface area contributed by atoms with Gasteiger partial charge in [0.05, 0.1) is 13.2 Å². The van der Waals surface area contributed by atoms with Crippen LogP contribution in [-0.4, -0.2) is 42.6 Å². The van der Waals surface area contributed by atoms with Crippen LogP contribution in [0.5, 0.6) is 0 Å². The minimum atomic E-state index is 0. The van der Waals surface area contributed by atoms with Gasteiger partial charge in [-0.3, -0.25) is 0 Å². The molecule has 0 atom stereocenters. The van der Waals surface area contributed by atoms with Crippen molar-refractivity contribution in [2.75, 3.05) is 13.2 Å². The minimum absolute atomic E-state index is 0. The Balaban J connectivity index is -0.000000213. The van der Waals surface area contributed by atoms with Gasteiger partial charge in [0, 0.05) is 5.92 Å². The van der Waals surface area contributed by atoms with Crippen LogP contribution in [0, 0.1) is 5.92 Å². The fraction of sp³-hybridized carbons (Fsp3) is 1.00. The molecule has 0 aromatic rings. The molecule has 0 aromatic carbocycles. The van der Waals surface area contributed by atoms with Crippen molar-refractivity contribution in [3.05, 3.63) is 0 Å². The number of hydrogen-bond donors (Lipinski definition) is 0. The third-order valence-corrected chi connectivity index (χ3v) is 1.19. The Bertz CT molecular complexity index is 77.0. The summed E-state index contributed by atoms with van der Waals surface area (Å²) in [5, 5.41) is 0. The molecular weight excluding hydrogens is 288 g/mol. The first-order chi connectivity index (χ1) is 3.80. The Morgan fingerprint density at radius 1 is 1.09 bits per heavy atom. The Hall–Kier alpha value is 1.65. The van der Waals surface area contributed by atoms with Gasteiger partial charge in [-0.05, 0) is 0 Å². The molecule has 1 aliphatic heterocycles. The van der Waals surface area contributed by atoms with Crippen molar-refractivity contribution in [1.29, 1.82) is 0 Å². The Morgan fingerprint density at radius 2 is 1.45 bits per heavy atom. The summed E-state index contributed by atoms with van der Waals surface area (Å²) in [6.07, 6.45) is 0.0648. The van der Waals surface area contributed by atoms with Gasteiger partial charge in [0.2, 0.25) is 0 Å². The second-order valence-corrected chi connectivity index (χ2v) is 2.35. The predicted molar refractivity (Wildman–Crippen MR) is 36.3 cm³/mol. The summed E-state index contributed by atoms with van der Waals surface area (Å²) >= 11 is 0. The van der Waals surface area contributed by atoms with Crippen molar-refractivity contribution >= 4 is 23.1 Å². The summed E-state index contributed by atoms with van der Waals surface area (Å²) in [7, 11) is 0. The predicted octanol–water partition coefficient (Wildman–Crippen LogP) is -5.36. The van der Waals surface area contributed by atoms with Gasteiger partial charge in [-0.15, -0.1) is 0 Å². The zero-order valence-corrected chi connectivity index (χ0v) is 11.4. The molecule has 1 aliphatic rings. The zero-order chi connectivity index (χ0) is 5.98. The molecule has 0 unspecified atom stereocenters. The van der Waals surface area contributed by atoms with E-state index in [9.17, 15) is 0 Å². The van der Waals surface area contributed by atoms with Crippen molar-refractivity contribution in [3.63, 3.8) is 0 Å². The van der Waals surface area contributed by atoms with E-state index in [2.05, 4.69) is 13.8 Å². The molecule has 0 aliphatic carbocycles.